The predicted molar refractivity (Wildman–Crippen MR) is 381 cm³/mol. The number of allylic oxidation sites excluding steroid dienone is 2. The summed E-state index contributed by atoms with van der Waals surface area (Å²) >= 11 is 0. The van der Waals surface area contributed by atoms with Crippen LogP contribution in [0.4, 0.5) is 0 Å². The molecular formula is C78H155NO8P+. The molecule has 0 aromatic carbocycles. The van der Waals surface area contributed by atoms with Crippen LogP contribution >= 0.6 is 7.82 Å². The Labute approximate surface area is 549 Å². The SMILES string of the molecule is CCCCCCCCCC/C=C\CCCCCCCCCCCCCCCCCCCCCC(=O)OC(COC(=O)CCCCCCCCCCCCCCCCCCCCCCCCCCCCCCCCCCC)COP(=O)(O)OCC[N+](C)(C)C. The highest BCUT2D eigenvalue weighted by molar-refractivity contribution is 7.47. The molecule has 0 saturated carbocycles. The maximum absolute atomic E-state index is 12.9. The second kappa shape index (κ2) is 70.1. The van der Waals surface area contributed by atoms with Crippen LogP contribution in [0.5, 0.6) is 0 Å². The van der Waals surface area contributed by atoms with Gasteiger partial charge in [-0.05, 0) is 38.5 Å². The first kappa shape index (κ1) is 86.8. The third kappa shape index (κ3) is 73.8. The van der Waals surface area contributed by atoms with Gasteiger partial charge in [-0.1, -0.05) is 386 Å². The molecule has 88 heavy (non-hydrogen) atoms. The molecule has 0 aliphatic rings. The molecule has 2 atom stereocenters. The third-order valence-electron chi connectivity index (χ3n) is 18.3. The number of carbonyl (C=O) groups excluding carboxylic acids is 2. The van der Waals surface area contributed by atoms with Crippen LogP contribution in [0, 0.1) is 0 Å². The molecule has 9 nitrogen and oxygen atoms in total. The summed E-state index contributed by atoms with van der Waals surface area (Å²) in [6.07, 6.45) is 87.9. The van der Waals surface area contributed by atoms with E-state index < -0.39 is 26.5 Å². The summed E-state index contributed by atoms with van der Waals surface area (Å²) in [5.41, 5.74) is 0. The van der Waals surface area contributed by atoms with Crippen molar-refractivity contribution in [3.8, 4) is 0 Å². The van der Waals surface area contributed by atoms with Crippen molar-refractivity contribution in [1.82, 2.24) is 0 Å². The van der Waals surface area contributed by atoms with Crippen molar-refractivity contribution in [3.05, 3.63) is 12.2 Å². The summed E-state index contributed by atoms with van der Waals surface area (Å²) < 4.78 is 34.8. The van der Waals surface area contributed by atoms with Crippen LogP contribution in [0.25, 0.3) is 0 Å². The van der Waals surface area contributed by atoms with Crippen LogP contribution in [0.1, 0.15) is 425 Å². The van der Waals surface area contributed by atoms with E-state index in [1.54, 1.807) is 0 Å². The van der Waals surface area contributed by atoms with E-state index >= 15 is 0 Å². The molecule has 0 aromatic heterocycles. The molecule has 0 rings (SSSR count). The van der Waals surface area contributed by atoms with Gasteiger partial charge in [0.2, 0.25) is 0 Å². The van der Waals surface area contributed by atoms with Crippen molar-refractivity contribution in [2.75, 3.05) is 47.5 Å². The van der Waals surface area contributed by atoms with Gasteiger partial charge in [-0.3, -0.25) is 18.6 Å². The number of rotatable bonds is 75. The first-order chi connectivity index (χ1) is 43.0. The first-order valence-corrected chi connectivity index (χ1v) is 40.9. The van der Waals surface area contributed by atoms with Crippen molar-refractivity contribution in [1.29, 1.82) is 0 Å². The van der Waals surface area contributed by atoms with Crippen molar-refractivity contribution >= 4 is 19.8 Å². The quantitative estimate of drug-likeness (QED) is 0.0211. The molecule has 524 valence electrons. The average Bonchev–Trinajstić information content (AvgIpc) is 3.68. The molecule has 0 aliphatic carbocycles. The Morgan fingerprint density at radius 2 is 0.580 bits per heavy atom. The second-order valence-corrected chi connectivity index (χ2v) is 29.9. The fourth-order valence-electron chi connectivity index (χ4n) is 12.3. The van der Waals surface area contributed by atoms with Crippen molar-refractivity contribution in [2.45, 2.75) is 431 Å². The zero-order valence-electron chi connectivity index (χ0n) is 60.0. The number of phosphoric ester groups is 1. The van der Waals surface area contributed by atoms with Crippen LogP contribution < -0.4 is 0 Å². The van der Waals surface area contributed by atoms with E-state index in [0.29, 0.717) is 17.4 Å². The van der Waals surface area contributed by atoms with E-state index in [0.717, 1.165) is 38.5 Å². The Balaban J connectivity index is 3.91. The zero-order chi connectivity index (χ0) is 64.1. The van der Waals surface area contributed by atoms with Gasteiger partial charge in [-0.25, -0.2) is 4.57 Å². The average molecular weight is 1270 g/mol. The molecule has 0 aliphatic heterocycles. The van der Waals surface area contributed by atoms with Gasteiger partial charge in [0.05, 0.1) is 27.7 Å². The lowest BCUT2D eigenvalue weighted by molar-refractivity contribution is -0.870. The van der Waals surface area contributed by atoms with E-state index in [1.165, 1.54) is 360 Å². The van der Waals surface area contributed by atoms with Crippen LogP contribution in [0.2, 0.25) is 0 Å². The normalized spacial score (nSPS) is 13.0. The largest absolute Gasteiger partial charge is 0.472 e. The molecular weight excluding hydrogens is 1110 g/mol. The monoisotopic (exact) mass is 1270 g/mol. The topological polar surface area (TPSA) is 108 Å². The smallest absolute Gasteiger partial charge is 0.462 e. The molecule has 0 fully saturated rings. The third-order valence-corrected chi connectivity index (χ3v) is 19.3. The van der Waals surface area contributed by atoms with E-state index in [4.69, 9.17) is 18.5 Å². The summed E-state index contributed by atoms with van der Waals surface area (Å²) in [5, 5.41) is 0. The molecule has 2 unspecified atom stereocenters. The number of nitrogens with zero attached hydrogens (tertiary/aromatic N) is 1. The number of esters is 2. The standard InChI is InChI=1S/C78H154NO8P/c1-6-8-10-12-14-16-18-20-22-24-26-28-30-32-34-36-38-39-41-42-44-46-48-50-52-54-56-58-60-62-64-66-68-70-77(80)84-74-76(75-86-88(82,83)85-73-72-79(3,4)5)87-78(81)71-69-67-65-63-61-59-57-55-53-51-49-47-45-43-40-37-35-33-31-29-27-25-23-21-19-17-15-13-11-9-7-2/h25,27,76H,6-24,26,28-75H2,1-5H3/p+1/b27-25-. The fraction of sp³-hybridized carbons (Fsp3) is 0.949. The number of quaternary nitrogens is 1. The van der Waals surface area contributed by atoms with E-state index in [-0.39, 0.29) is 25.6 Å². The Bertz CT molecular complexity index is 1490. The Morgan fingerprint density at radius 3 is 0.841 bits per heavy atom. The van der Waals surface area contributed by atoms with E-state index in [1.807, 2.05) is 21.1 Å². The van der Waals surface area contributed by atoms with Gasteiger partial charge in [-0.2, -0.15) is 0 Å². The molecule has 1 N–H and O–H groups in total. The number of carbonyl (C=O) groups is 2. The minimum Gasteiger partial charge on any atom is -0.462 e. The lowest BCUT2D eigenvalue weighted by Gasteiger charge is -2.24. The number of phosphoric acid groups is 1. The van der Waals surface area contributed by atoms with Crippen LogP contribution in [0.15, 0.2) is 12.2 Å². The predicted octanol–water partition coefficient (Wildman–Crippen LogP) is 25.8. The van der Waals surface area contributed by atoms with Gasteiger partial charge in [0.25, 0.3) is 0 Å². The molecule has 0 amide bonds. The highest BCUT2D eigenvalue weighted by Gasteiger charge is 2.27. The number of hydrogen-bond acceptors (Lipinski definition) is 7. The van der Waals surface area contributed by atoms with Crippen molar-refractivity contribution in [2.24, 2.45) is 0 Å². The molecule has 0 spiro atoms. The van der Waals surface area contributed by atoms with Gasteiger partial charge < -0.3 is 18.9 Å². The lowest BCUT2D eigenvalue weighted by atomic mass is 10.0. The van der Waals surface area contributed by atoms with Crippen LogP contribution in [-0.4, -0.2) is 74.9 Å². The summed E-state index contributed by atoms with van der Waals surface area (Å²) in [4.78, 5) is 36.0. The molecule has 0 aromatic rings. The number of hydrogen-bond donors (Lipinski definition) is 1. The molecule has 10 heteroatoms. The molecule has 0 bridgehead atoms. The van der Waals surface area contributed by atoms with Crippen LogP contribution in [0.3, 0.4) is 0 Å². The highest BCUT2D eigenvalue weighted by atomic mass is 31.2. The number of ether oxygens (including phenoxy) is 2. The number of unbranched alkanes of at least 4 members (excludes halogenated alkanes) is 59. The Kier molecular flexibility index (Phi) is 69.1. The lowest BCUT2D eigenvalue weighted by Crippen LogP contribution is -2.37. The first-order valence-electron chi connectivity index (χ1n) is 39.4. The van der Waals surface area contributed by atoms with Gasteiger partial charge in [0.15, 0.2) is 6.10 Å². The number of likely N-dealkylation sites (N-methyl/N-ethyl adjacent to an activating group) is 1. The van der Waals surface area contributed by atoms with Gasteiger partial charge in [0, 0.05) is 12.8 Å². The summed E-state index contributed by atoms with van der Waals surface area (Å²) in [6.45, 7) is 4.53. The fourth-order valence-corrected chi connectivity index (χ4v) is 13.0. The molecule has 0 heterocycles. The van der Waals surface area contributed by atoms with Gasteiger partial charge >= 0.3 is 19.8 Å². The summed E-state index contributed by atoms with van der Waals surface area (Å²) in [5.74, 6) is -0.767. The highest BCUT2D eigenvalue weighted by Crippen LogP contribution is 2.43. The van der Waals surface area contributed by atoms with Crippen molar-refractivity contribution < 1.29 is 42.1 Å². The summed E-state index contributed by atoms with van der Waals surface area (Å²) in [7, 11) is 1.51. The van der Waals surface area contributed by atoms with E-state index in [9.17, 15) is 19.0 Å². The molecule has 0 radical (unpaired) electrons. The minimum absolute atomic E-state index is 0.0368. The minimum atomic E-state index is -4.39. The van der Waals surface area contributed by atoms with Crippen LogP contribution in [-0.2, 0) is 32.7 Å². The van der Waals surface area contributed by atoms with Gasteiger partial charge in [-0.15, -0.1) is 0 Å². The maximum Gasteiger partial charge on any atom is 0.472 e. The molecule has 0 saturated heterocycles. The van der Waals surface area contributed by atoms with Gasteiger partial charge in [0.1, 0.15) is 19.8 Å². The Morgan fingerprint density at radius 1 is 0.341 bits per heavy atom. The zero-order valence-corrected chi connectivity index (χ0v) is 60.9. The van der Waals surface area contributed by atoms with E-state index in [2.05, 4.69) is 26.0 Å². The summed E-state index contributed by atoms with van der Waals surface area (Å²) in [6, 6.07) is 0. The Hall–Kier alpha value is -1.25. The maximum atomic E-state index is 12.9. The second-order valence-electron chi connectivity index (χ2n) is 28.5. The van der Waals surface area contributed by atoms with Crippen molar-refractivity contribution in [3.63, 3.8) is 0 Å².